The molecule has 0 amide bonds. The summed E-state index contributed by atoms with van der Waals surface area (Å²) in [6, 6.07) is 0. The molecule has 0 N–H and O–H groups in total. The molecule has 0 bridgehead atoms. The molecule has 1 unspecified atom stereocenters. The summed E-state index contributed by atoms with van der Waals surface area (Å²) in [5, 5.41) is 0.413. The molecule has 0 spiro atoms. The number of thioether (sulfide) groups is 2. The SMILES string of the molecule is O=C1CCCc2nc(C3CSCCS3)ncc21. The zero-order chi connectivity index (χ0) is 11.7. The van der Waals surface area contributed by atoms with Crippen LogP contribution in [0.2, 0.25) is 0 Å². The van der Waals surface area contributed by atoms with Gasteiger partial charge in [0.1, 0.15) is 5.82 Å². The van der Waals surface area contributed by atoms with Crippen LogP contribution in [0.25, 0.3) is 0 Å². The number of aromatic nitrogens is 2. The average Bonchev–Trinajstić information content (AvgIpc) is 2.40. The second-order valence-corrected chi connectivity index (χ2v) is 6.76. The largest absolute Gasteiger partial charge is 0.294 e. The Hall–Kier alpha value is -0.550. The Kier molecular flexibility index (Phi) is 3.38. The number of fused-ring (bicyclic) bond motifs is 1. The summed E-state index contributed by atoms with van der Waals surface area (Å²) in [5.74, 6) is 4.63. The van der Waals surface area contributed by atoms with E-state index >= 15 is 0 Å². The summed E-state index contributed by atoms with van der Waals surface area (Å²) in [7, 11) is 0. The van der Waals surface area contributed by atoms with Crippen LogP contribution in [0, 0.1) is 0 Å². The van der Waals surface area contributed by atoms with Gasteiger partial charge in [0.15, 0.2) is 5.78 Å². The highest BCUT2D eigenvalue weighted by Crippen LogP contribution is 2.35. The van der Waals surface area contributed by atoms with Gasteiger partial charge in [-0.3, -0.25) is 4.79 Å². The molecule has 2 heterocycles. The standard InChI is InChI=1S/C12H14N2OS2/c15-10-3-1-2-9-8(10)6-13-12(14-9)11-7-16-4-5-17-11/h6,11H,1-5,7H2. The summed E-state index contributed by atoms with van der Waals surface area (Å²) in [5.41, 5.74) is 1.73. The van der Waals surface area contributed by atoms with E-state index in [0.29, 0.717) is 11.7 Å². The van der Waals surface area contributed by atoms with Gasteiger partial charge in [-0.25, -0.2) is 9.97 Å². The van der Waals surface area contributed by atoms with E-state index in [2.05, 4.69) is 9.97 Å². The van der Waals surface area contributed by atoms with E-state index in [4.69, 9.17) is 0 Å². The Bertz CT molecular complexity index is 444. The van der Waals surface area contributed by atoms with Gasteiger partial charge in [-0.1, -0.05) is 0 Å². The van der Waals surface area contributed by atoms with Crippen molar-refractivity contribution >= 4 is 29.3 Å². The maximum Gasteiger partial charge on any atom is 0.166 e. The third-order valence-electron chi connectivity index (χ3n) is 3.11. The van der Waals surface area contributed by atoms with E-state index in [0.717, 1.165) is 35.7 Å². The molecule has 1 aromatic rings. The van der Waals surface area contributed by atoms with Crippen molar-refractivity contribution in [2.45, 2.75) is 24.5 Å². The molecule has 90 valence electrons. The highest BCUT2D eigenvalue weighted by atomic mass is 32.2. The molecule has 5 heteroatoms. The van der Waals surface area contributed by atoms with Gasteiger partial charge in [0.25, 0.3) is 0 Å². The lowest BCUT2D eigenvalue weighted by molar-refractivity contribution is 0.0971. The van der Waals surface area contributed by atoms with E-state index in [1.165, 1.54) is 11.5 Å². The third kappa shape index (κ3) is 2.36. The molecule has 0 aromatic carbocycles. The minimum atomic E-state index is 0.212. The van der Waals surface area contributed by atoms with Gasteiger partial charge in [-0.15, -0.1) is 11.8 Å². The normalized spacial score (nSPS) is 24.5. The van der Waals surface area contributed by atoms with Crippen LogP contribution in [0.15, 0.2) is 6.20 Å². The fourth-order valence-corrected chi connectivity index (χ4v) is 4.81. The van der Waals surface area contributed by atoms with Crippen molar-refractivity contribution in [3.8, 4) is 0 Å². The molecule has 0 radical (unpaired) electrons. The number of aryl methyl sites for hydroxylation is 1. The van der Waals surface area contributed by atoms with E-state index < -0.39 is 0 Å². The van der Waals surface area contributed by atoms with Gasteiger partial charge in [-0.05, 0) is 12.8 Å². The van der Waals surface area contributed by atoms with Gasteiger partial charge < -0.3 is 0 Å². The fourth-order valence-electron chi connectivity index (χ4n) is 2.20. The van der Waals surface area contributed by atoms with Crippen molar-refractivity contribution < 1.29 is 4.79 Å². The second kappa shape index (κ2) is 4.98. The second-order valence-electron chi connectivity index (χ2n) is 4.30. The quantitative estimate of drug-likeness (QED) is 0.781. The van der Waals surface area contributed by atoms with Crippen molar-refractivity contribution in [2.24, 2.45) is 0 Å². The summed E-state index contributed by atoms with van der Waals surface area (Å²) in [4.78, 5) is 20.7. The zero-order valence-corrected chi connectivity index (χ0v) is 11.1. The van der Waals surface area contributed by atoms with Crippen LogP contribution in [0.3, 0.4) is 0 Å². The Morgan fingerprint density at radius 2 is 2.24 bits per heavy atom. The van der Waals surface area contributed by atoms with Gasteiger partial charge in [0.2, 0.25) is 0 Å². The van der Waals surface area contributed by atoms with Gasteiger partial charge in [0.05, 0.1) is 16.5 Å². The Morgan fingerprint density at radius 1 is 1.29 bits per heavy atom. The maximum absolute atomic E-state index is 11.7. The number of nitrogens with zero attached hydrogens (tertiary/aromatic N) is 2. The summed E-state index contributed by atoms with van der Waals surface area (Å²) in [6.45, 7) is 0. The molecule has 0 saturated carbocycles. The van der Waals surface area contributed by atoms with E-state index in [1.54, 1.807) is 6.20 Å². The minimum Gasteiger partial charge on any atom is -0.294 e. The number of carbonyl (C=O) groups is 1. The monoisotopic (exact) mass is 266 g/mol. The topological polar surface area (TPSA) is 42.9 Å². The first-order chi connectivity index (χ1) is 8.34. The highest BCUT2D eigenvalue weighted by molar-refractivity contribution is 8.06. The van der Waals surface area contributed by atoms with Crippen LogP contribution in [-0.4, -0.2) is 33.0 Å². The van der Waals surface area contributed by atoms with Crippen molar-refractivity contribution in [2.75, 3.05) is 17.3 Å². The Morgan fingerprint density at radius 3 is 3.06 bits per heavy atom. The molecular weight excluding hydrogens is 252 g/mol. The molecular formula is C12H14N2OS2. The van der Waals surface area contributed by atoms with Crippen LogP contribution in [0.5, 0.6) is 0 Å². The van der Waals surface area contributed by atoms with Crippen LogP contribution in [0.1, 0.15) is 40.0 Å². The predicted octanol–water partition coefficient (Wildman–Crippen LogP) is 2.52. The first-order valence-corrected chi connectivity index (χ1v) is 8.13. The average molecular weight is 266 g/mol. The summed E-state index contributed by atoms with van der Waals surface area (Å²) < 4.78 is 0. The Labute approximate surface area is 109 Å². The minimum absolute atomic E-state index is 0.212. The number of Topliss-reactive ketones (excluding diaryl/α,β-unsaturated/α-hetero) is 1. The molecule has 1 fully saturated rings. The fraction of sp³-hybridized carbons (Fsp3) is 0.583. The first-order valence-electron chi connectivity index (χ1n) is 5.93. The highest BCUT2D eigenvalue weighted by Gasteiger charge is 2.23. The van der Waals surface area contributed by atoms with Gasteiger partial charge >= 0.3 is 0 Å². The van der Waals surface area contributed by atoms with Crippen molar-refractivity contribution in [1.82, 2.24) is 9.97 Å². The van der Waals surface area contributed by atoms with Crippen LogP contribution < -0.4 is 0 Å². The summed E-state index contributed by atoms with van der Waals surface area (Å²) in [6.07, 6.45) is 4.28. The number of rotatable bonds is 1. The summed E-state index contributed by atoms with van der Waals surface area (Å²) >= 11 is 3.91. The van der Waals surface area contributed by atoms with Crippen LogP contribution in [-0.2, 0) is 6.42 Å². The number of carbonyl (C=O) groups excluding carboxylic acids is 1. The molecule has 3 rings (SSSR count). The molecule has 3 nitrogen and oxygen atoms in total. The van der Waals surface area contributed by atoms with E-state index in [-0.39, 0.29) is 5.78 Å². The lowest BCUT2D eigenvalue weighted by Gasteiger charge is -2.21. The van der Waals surface area contributed by atoms with Crippen molar-refractivity contribution in [3.05, 3.63) is 23.3 Å². The molecule has 2 aliphatic rings. The van der Waals surface area contributed by atoms with E-state index in [9.17, 15) is 4.79 Å². The van der Waals surface area contributed by atoms with Crippen molar-refractivity contribution in [1.29, 1.82) is 0 Å². The molecule has 1 aliphatic carbocycles. The van der Waals surface area contributed by atoms with Crippen molar-refractivity contribution in [3.63, 3.8) is 0 Å². The molecule has 1 saturated heterocycles. The third-order valence-corrected chi connectivity index (χ3v) is 5.86. The first kappa shape index (κ1) is 11.5. The number of hydrogen-bond acceptors (Lipinski definition) is 5. The number of ketones is 1. The van der Waals surface area contributed by atoms with E-state index in [1.807, 2.05) is 23.5 Å². The molecule has 1 atom stereocenters. The smallest absolute Gasteiger partial charge is 0.166 e. The zero-order valence-electron chi connectivity index (χ0n) is 9.52. The predicted molar refractivity (Wildman–Crippen MR) is 71.8 cm³/mol. The molecule has 1 aliphatic heterocycles. The lowest BCUT2D eigenvalue weighted by atomic mass is 9.96. The van der Waals surface area contributed by atoms with Gasteiger partial charge in [0, 0.05) is 29.9 Å². The molecule has 1 aromatic heterocycles. The molecule has 17 heavy (non-hydrogen) atoms. The lowest BCUT2D eigenvalue weighted by Crippen LogP contribution is -2.17. The number of hydrogen-bond donors (Lipinski definition) is 0. The van der Waals surface area contributed by atoms with Crippen LogP contribution in [0.4, 0.5) is 0 Å². The Balaban J connectivity index is 1.89. The van der Waals surface area contributed by atoms with Crippen LogP contribution >= 0.6 is 23.5 Å². The maximum atomic E-state index is 11.7. The van der Waals surface area contributed by atoms with Gasteiger partial charge in [-0.2, -0.15) is 11.8 Å².